The summed E-state index contributed by atoms with van der Waals surface area (Å²) in [7, 11) is 1.70. The molecule has 2 aromatic carbocycles. The molecule has 1 fully saturated rings. The zero-order valence-electron chi connectivity index (χ0n) is 18.8. The van der Waals surface area contributed by atoms with Gasteiger partial charge in [-0.2, -0.15) is 0 Å². The van der Waals surface area contributed by atoms with Crippen LogP contribution in [0.4, 0.5) is 5.69 Å². The van der Waals surface area contributed by atoms with Crippen LogP contribution in [0.25, 0.3) is 0 Å². The number of carbonyl (C=O) groups is 1. The van der Waals surface area contributed by atoms with Crippen LogP contribution in [0.1, 0.15) is 22.4 Å². The number of hydrogen-bond acceptors (Lipinski definition) is 6. The maximum Gasteiger partial charge on any atom is 0.228 e. The van der Waals surface area contributed by atoms with Crippen LogP contribution in [0.3, 0.4) is 0 Å². The van der Waals surface area contributed by atoms with Crippen molar-refractivity contribution in [2.45, 2.75) is 30.4 Å². The summed E-state index contributed by atoms with van der Waals surface area (Å²) in [5.74, 6) is 1.93. The number of thiazole rings is 1. The maximum atomic E-state index is 12.8. The van der Waals surface area contributed by atoms with Gasteiger partial charge in [0.15, 0.2) is 0 Å². The van der Waals surface area contributed by atoms with Crippen molar-refractivity contribution in [3.63, 3.8) is 0 Å². The fourth-order valence-corrected chi connectivity index (χ4v) is 5.79. The van der Waals surface area contributed by atoms with Crippen LogP contribution in [0.5, 0.6) is 5.75 Å². The molecule has 0 aliphatic carbocycles. The lowest BCUT2D eigenvalue weighted by atomic mass is 10.1. The molecule has 1 saturated heterocycles. The number of ether oxygens (including phenoxy) is 1. The van der Waals surface area contributed by atoms with E-state index in [1.54, 1.807) is 30.2 Å². The Balaban J connectivity index is 1.29. The summed E-state index contributed by atoms with van der Waals surface area (Å²) in [4.78, 5) is 21.8. The fourth-order valence-electron chi connectivity index (χ4n) is 3.89. The molecule has 0 bridgehead atoms. The van der Waals surface area contributed by atoms with Crippen molar-refractivity contribution in [3.05, 3.63) is 70.2 Å². The number of nitrogens with zero attached hydrogens (tertiary/aromatic N) is 3. The summed E-state index contributed by atoms with van der Waals surface area (Å²) >= 11 is 3.37. The normalized spacial score (nSPS) is 14.0. The van der Waals surface area contributed by atoms with E-state index >= 15 is 0 Å². The fraction of sp³-hybridized carbons (Fsp3) is 0.360. The van der Waals surface area contributed by atoms with Gasteiger partial charge in [-0.05, 0) is 37.1 Å². The summed E-state index contributed by atoms with van der Waals surface area (Å²) < 4.78 is 6.51. The average molecular weight is 468 g/mol. The smallest absolute Gasteiger partial charge is 0.228 e. The van der Waals surface area contributed by atoms with Gasteiger partial charge < -0.3 is 14.5 Å². The molecule has 4 rings (SSSR count). The van der Waals surface area contributed by atoms with Gasteiger partial charge in [-0.25, -0.2) is 4.98 Å². The molecule has 2 heterocycles. The van der Waals surface area contributed by atoms with E-state index in [2.05, 4.69) is 43.0 Å². The minimum atomic E-state index is 0.154. The van der Waals surface area contributed by atoms with Gasteiger partial charge in [0.05, 0.1) is 24.9 Å². The van der Waals surface area contributed by atoms with Crippen molar-refractivity contribution < 1.29 is 9.53 Å². The van der Waals surface area contributed by atoms with Gasteiger partial charge in [0.1, 0.15) is 10.1 Å². The van der Waals surface area contributed by atoms with Crippen LogP contribution in [0.2, 0.25) is 0 Å². The molecule has 7 heteroatoms. The lowest BCUT2D eigenvalue weighted by Gasteiger charge is -2.36. The molecule has 1 aromatic heterocycles. The second kappa shape index (κ2) is 10.4. The van der Waals surface area contributed by atoms with Crippen LogP contribution in [0.15, 0.2) is 52.2 Å². The molecule has 0 saturated carbocycles. The van der Waals surface area contributed by atoms with Gasteiger partial charge in [0, 0.05) is 37.3 Å². The highest BCUT2D eigenvalue weighted by atomic mass is 32.2. The number of anilines is 1. The molecule has 32 heavy (non-hydrogen) atoms. The predicted octanol–water partition coefficient (Wildman–Crippen LogP) is 4.95. The summed E-state index contributed by atoms with van der Waals surface area (Å²) in [5, 5.41) is 2.02. The first-order chi connectivity index (χ1) is 15.5. The van der Waals surface area contributed by atoms with Gasteiger partial charge in [-0.1, -0.05) is 47.7 Å². The lowest BCUT2D eigenvalue weighted by Crippen LogP contribution is -2.49. The Bertz CT molecular complexity index is 1070. The first kappa shape index (κ1) is 22.7. The topological polar surface area (TPSA) is 45.7 Å². The number of hydrogen-bond donors (Lipinski definition) is 0. The minimum absolute atomic E-state index is 0.154. The SMILES string of the molecule is COc1ccccc1N1CCN(C(=O)Cc2csc(SCc3cc(C)ccc3C)n2)CC1. The Hall–Kier alpha value is -2.51. The Morgan fingerprint density at radius 2 is 1.91 bits per heavy atom. The number of methoxy groups -OCH3 is 1. The number of para-hydroxylation sites is 2. The van der Waals surface area contributed by atoms with E-state index < -0.39 is 0 Å². The third-order valence-corrected chi connectivity index (χ3v) is 7.90. The summed E-state index contributed by atoms with van der Waals surface area (Å²) in [5.41, 5.74) is 5.89. The Morgan fingerprint density at radius 1 is 1.12 bits per heavy atom. The molecule has 0 atom stereocenters. The monoisotopic (exact) mass is 467 g/mol. The predicted molar refractivity (Wildman–Crippen MR) is 133 cm³/mol. The Labute approximate surface area is 198 Å². The Kier molecular flexibility index (Phi) is 7.37. The van der Waals surface area contributed by atoms with Crippen molar-refractivity contribution in [1.29, 1.82) is 0 Å². The number of amides is 1. The van der Waals surface area contributed by atoms with Crippen LogP contribution in [-0.4, -0.2) is 49.1 Å². The molecule has 0 radical (unpaired) electrons. The van der Waals surface area contributed by atoms with Crippen molar-refractivity contribution in [2.24, 2.45) is 0 Å². The van der Waals surface area contributed by atoms with Crippen LogP contribution in [0, 0.1) is 13.8 Å². The first-order valence-corrected chi connectivity index (χ1v) is 12.7. The average Bonchev–Trinajstić information content (AvgIpc) is 3.27. The largest absolute Gasteiger partial charge is 0.495 e. The van der Waals surface area contributed by atoms with Gasteiger partial charge in [-0.3, -0.25) is 4.79 Å². The van der Waals surface area contributed by atoms with E-state index in [9.17, 15) is 4.79 Å². The molecule has 1 aliphatic rings. The van der Waals surface area contributed by atoms with E-state index in [4.69, 9.17) is 9.72 Å². The third-order valence-electron chi connectivity index (χ3n) is 5.78. The van der Waals surface area contributed by atoms with E-state index in [0.717, 1.165) is 53.4 Å². The number of rotatable bonds is 7. The quantitative estimate of drug-likeness (QED) is 0.460. The number of aromatic nitrogens is 1. The molecule has 1 amide bonds. The number of aryl methyl sites for hydroxylation is 2. The van der Waals surface area contributed by atoms with Crippen molar-refractivity contribution in [2.75, 3.05) is 38.2 Å². The number of piperazine rings is 1. The standard InChI is InChI=1S/C25H29N3O2S2/c1-18-8-9-19(2)20(14-18)16-31-25-26-21(17-32-25)15-24(29)28-12-10-27(11-13-28)22-6-4-5-7-23(22)30-3/h4-9,14,17H,10-13,15-16H2,1-3H3. The third kappa shape index (κ3) is 5.45. The van der Waals surface area contributed by atoms with Gasteiger partial charge >= 0.3 is 0 Å². The highest BCUT2D eigenvalue weighted by Crippen LogP contribution is 2.29. The molecule has 0 N–H and O–H groups in total. The number of thioether (sulfide) groups is 1. The van der Waals surface area contributed by atoms with Crippen LogP contribution in [-0.2, 0) is 17.0 Å². The zero-order chi connectivity index (χ0) is 22.5. The van der Waals surface area contributed by atoms with Gasteiger partial charge in [0.25, 0.3) is 0 Å². The first-order valence-electron chi connectivity index (χ1n) is 10.8. The highest BCUT2D eigenvalue weighted by molar-refractivity contribution is 8.00. The second-order valence-corrected chi connectivity index (χ2v) is 10.1. The summed E-state index contributed by atoms with van der Waals surface area (Å²) in [6.07, 6.45) is 0.370. The number of carbonyl (C=O) groups excluding carboxylic acids is 1. The number of benzene rings is 2. The van der Waals surface area contributed by atoms with Crippen molar-refractivity contribution in [1.82, 2.24) is 9.88 Å². The second-order valence-electron chi connectivity index (χ2n) is 8.04. The molecule has 3 aromatic rings. The molecule has 5 nitrogen and oxygen atoms in total. The van der Waals surface area contributed by atoms with E-state index in [1.165, 1.54) is 16.7 Å². The Morgan fingerprint density at radius 3 is 2.69 bits per heavy atom. The minimum Gasteiger partial charge on any atom is -0.495 e. The molecular formula is C25H29N3O2S2. The van der Waals surface area contributed by atoms with Crippen LogP contribution >= 0.6 is 23.1 Å². The van der Waals surface area contributed by atoms with Crippen molar-refractivity contribution in [3.8, 4) is 5.75 Å². The highest BCUT2D eigenvalue weighted by Gasteiger charge is 2.23. The van der Waals surface area contributed by atoms with E-state index in [0.29, 0.717) is 6.42 Å². The van der Waals surface area contributed by atoms with E-state index in [-0.39, 0.29) is 5.91 Å². The molecular weight excluding hydrogens is 438 g/mol. The van der Waals surface area contributed by atoms with Crippen LogP contribution < -0.4 is 9.64 Å². The lowest BCUT2D eigenvalue weighted by molar-refractivity contribution is -0.130. The molecule has 0 unspecified atom stereocenters. The molecule has 168 valence electrons. The summed E-state index contributed by atoms with van der Waals surface area (Å²) in [6, 6.07) is 14.6. The summed E-state index contributed by atoms with van der Waals surface area (Å²) in [6.45, 7) is 7.32. The molecule has 1 aliphatic heterocycles. The molecule has 0 spiro atoms. The zero-order valence-corrected chi connectivity index (χ0v) is 20.5. The maximum absolute atomic E-state index is 12.8. The van der Waals surface area contributed by atoms with Crippen molar-refractivity contribution >= 4 is 34.7 Å². The van der Waals surface area contributed by atoms with Gasteiger partial charge in [-0.15, -0.1) is 11.3 Å². The van der Waals surface area contributed by atoms with Gasteiger partial charge in [0.2, 0.25) is 5.91 Å². The van der Waals surface area contributed by atoms with E-state index in [1.807, 2.05) is 28.5 Å².